The zero-order valence-electron chi connectivity index (χ0n) is 11.2. The average Bonchev–Trinajstić information content (AvgIpc) is 2.31. The summed E-state index contributed by atoms with van der Waals surface area (Å²) in [4.78, 5) is 5.02. The fraction of sp³-hybridized carbons (Fsp3) is 1.00. The number of hydrogen-bond donors (Lipinski definition) is 1. The summed E-state index contributed by atoms with van der Waals surface area (Å²) in [7, 11) is 2.23. The lowest BCUT2D eigenvalue weighted by Gasteiger charge is -2.39. The topological polar surface area (TPSA) is 26.7 Å². The van der Waals surface area contributed by atoms with E-state index < -0.39 is 0 Å². The van der Waals surface area contributed by atoms with Crippen LogP contribution in [0.4, 0.5) is 0 Å². The average molecular weight is 228 g/mol. The van der Waals surface area contributed by atoms with E-state index in [0.717, 1.165) is 31.8 Å². The van der Waals surface area contributed by atoms with E-state index in [1.807, 2.05) is 6.92 Å². The third kappa shape index (κ3) is 4.40. The molecule has 3 heteroatoms. The second kappa shape index (κ2) is 7.25. The summed E-state index contributed by atoms with van der Waals surface area (Å²) in [6.07, 6.45) is 4.13. The minimum absolute atomic E-state index is 0.0885. The molecular formula is C13H28N2O. The van der Waals surface area contributed by atoms with Crippen LogP contribution >= 0.6 is 0 Å². The van der Waals surface area contributed by atoms with Gasteiger partial charge in [-0.15, -0.1) is 0 Å². The Labute approximate surface area is 100 Å². The van der Waals surface area contributed by atoms with Gasteiger partial charge in [0.2, 0.25) is 0 Å². The number of hydrogen-bond acceptors (Lipinski definition) is 3. The molecule has 0 radical (unpaired) electrons. The molecule has 1 fully saturated rings. The standard InChI is InChI=1S/C13H28N2O/c1-4-12-11-15(10-9-14(12)3)8-6-7-13(16)5-2/h12-13,16H,4-11H2,1-3H3. The molecule has 3 nitrogen and oxygen atoms in total. The first kappa shape index (κ1) is 13.9. The molecule has 1 aliphatic heterocycles. The molecule has 0 aromatic carbocycles. The van der Waals surface area contributed by atoms with Gasteiger partial charge in [0.15, 0.2) is 0 Å². The molecule has 1 aliphatic rings. The predicted octanol–water partition coefficient (Wildman–Crippen LogP) is 1.56. The molecule has 1 rings (SSSR count). The number of nitrogens with zero attached hydrogens (tertiary/aromatic N) is 2. The van der Waals surface area contributed by atoms with Crippen molar-refractivity contribution >= 4 is 0 Å². The van der Waals surface area contributed by atoms with E-state index in [0.29, 0.717) is 0 Å². The van der Waals surface area contributed by atoms with Crippen molar-refractivity contribution in [1.82, 2.24) is 9.80 Å². The van der Waals surface area contributed by atoms with Crippen molar-refractivity contribution in [3.05, 3.63) is 0 Å². The van der Waals surface area contributed by atoms with E-state index in [9.17, 15) is 5.11 Å². The molecule has 1 N–H and O–H groups in total. The maximum absolute atomic E-state index is 9.50. The van der Waals surface area contributed by atoms with Gasteiger partial charge in [-0.2, -0.15) is 0 Å². The Morgan fingerprint density at radius 2 is 2.06 bits per heavy atom. The highest BCUT2D eigenvalue weighted by atomic mass is 16.3. The van der Waals surface area contributed by atoms with Gasteiger partial charge in [-0.1, -0.05) is 13.8 Å². The lowest BCUT2D eigenvalue weighted by atomic mass is 10.1. The molecule has 0 bridgehead atoms. The van der Waals surface area contributed by atoms with Crippen LogP contribution in [0.3, 0.4) is 0 Å². The van der Waals surface area contributed by atoms with Crippen LogP contribution in [0.25, 0.3) is 0 Å². The van der Waals surface area contributed by atoms with Crippen molar-refractivity contribution in [2.24, 2.45) is 0 Å². The molecule has 1 heterocycles. The van der Waals surface area contributed by atoms with Crippen LogP contribution in [-0.2, 0) is 0 Å². The normalized spacial score (nSPS) is 25.9. The van der Waals surface area contributed by atoms with E-state index in [1.54, 1.807) is 0 Å². The predicted molar refractivity (Wildman–Crippen MR) is 68.7 cm³/mol. The first-order chi connectivity index (χ1) is 7.67. The van der Waals surface area contributed by atoms with Crippen molar-refractivity contribution in [3.8, 4) is 0 Å². The lowest BCUT2D eigenvalue weighted by Crippen LogP contribution is -2.51. The molecule has 0 aromatic heterocycles. The van der Waals surface area contributed by atoms with Crippen molar-refractivity contribution in [1.29, 1.82) is 0 Å². The first-order valence-electron chi connectivity index (χ1n) is 6.78. The SMILES string of the molecule is CCC(O)CCCN1CCN(C)C(CC)C1. The maximum Gasteiger partial charge on any atom is 0.0538 e. The fourth-order valence-electron chi connectivity index (χ4n) is 2.41. The van der Waals surface area contributed by atoms with Crippen LogP contribution in [0.15, 0.2) is 0 Å². The molecule has 1 saturated heterocycles. The van der Waals surface area contributed by atoms with Crippen molar-refractivity contribution < 1.29 is 5.11 Å². The Morgan fingerprint density at radius 1 is 1.31 bits per heavy atom. The molecule has 2 unspecified atom stereocenters. The summed E-state index contributed by atoms with van der Waals surface area (Å²) in [5, 5.41) is 9.50. The molecule has 0 aliphatic carbocycles. The van der Waals surface area contributed by atoms with Crippen molar-refractivity contribution in [2.75, 3.05) is 33.2 Å². The summed E-state index contributed by atoms with van der Waals surface area (Å²) in [5.41, 5.74) is 0. The highest BCUT2D eigenvalue weighted by Crippen LogP contribution is 2.12. The number of aliphatic hydroxyl groups is 1. The van der Waals surface area contributed by atoms with Gasteiger partial charge in [0.25, 0.3) is 0 Å². The van der Waals surface area contributed by atoms with E-state index in [4.69, 9.17) is 0 Å². The summed E-state index contributed by atoms with van der Waals surface area (Å²) in [6, 6.07) is 0.727. The Bertz CT molecular complexity index is 187. The Balaban J connectivity index is 2.18. The van der Waals surface area contributed by atoms with Crippen molar-refractivity contribution in [2.45, 2.75) is 51.7 Å². The second-order valence-corrected chi connectivity index (χ2v) is 5.05. The summed E-state index contributed by atoms with van der Waals surface area (Å²) < 4.78 is 0. The van der Waals surface area contributed by atoms with Gasteiger partial charge in [-0.25, -0.2) is 0 Å². The molecule has 96 valence electrons. The van der Waals surface area contributed by atoms with Crippen LogP contribution in [0.2, 0.25) is 0 Å². The van der Waals surface area contributed by atoms with E-state index >= 15 is 0 Å². The molecule has 0 amide bonds. The molecule has 16 heavy (non-hydrogen) atoms. The Hall–Kier alpha value is -0.120. The molecular weight excluding hydrogens is 200 g/mol. The number of rotatable bonds is 6. The van der Waals surface area contributed by atoms with Gasteiger partial charge in [-0.05, 0) is 39.3 Å². The van der Waals surface area contributed by atoms with Crippen molar-refractivity contribution in [3.63, 3.8) is 0 Å². The number of piperazine rings is 1. The van der Waals surface area contributed by atoms with Crippen LogP contribution in [0.1, 0.15) is 39.5 Å². The molecule has 0 saturated carbocycles. The zero-order chi connectivity index (χ0) is 12.0. The van der Waals surface area contributed by atoms with Crippen LogP contribution in [0, 0.1) is 0 Å². The maximum atomic E-state index is 9.50. The fourth-order valence-corrected chi connectivity index (χ4v) is 2.41. The minimum atomic E-state index is -0.0885. The van der Waals surface area contributed by atoms with Gasteiger partial charge in [0.05, 0.1) is 6.10 Å². The third-order valence-corrected chi connectivity index (χ3v) is 3.82. The van der Waals surface area contributed by atoms with Gasteiger partial charge < -0.3 is 14.9 Å². The highest BCUT2D eigenvalue weighted by Gasteiger charge is 2.22. The third-order valence-electron chi connectivity index (χ3n) is 3.82. The lowest BCUT2D eigenvalue weighted by molar-refractivity contribution is 0.0860. The number of likely N-dealkylation sites (N-methyl/N-ethyl adjacent to an activating group) is 1. The highest BCUT2D eigenvalue weighted by molar-refractivity contribution is 4.78. The quantitative estimate of drug-likeness (QED) is 0.747. The smallest absolute Gasteiger partial charge is 0.0538 e. The monoisotopic (exact) mass is 228 g/mol. The van der Waals surface area contributed by atoms with Gasteiger partial charge in [0.1, 0.15) is 0 Å². The second-order valence-electron chi connectivity index (χ2n) is 5.05. The Morgan fingerprint density at radius 3 is 2.69 bits per heavy atom. The number of aliphatic hydroxyl groups excluding tert-OH is 1. The van der Waals surface area contributed by atoms with Gasteiger partial charge in [-0.3, -0.25) is 0 Å². The summed E-state index contributed by atoms with van der Waals surface area (Å²) in [6.45, 7) is 9.06. The van der Waals surface area contributed by atoms with E-state index in [-0.39, 0.29) is 6.10 Å². The zero-order valence-corrected chi connectivity index (χ0v) is 11.2. The largest absolute Gasteiger partial charge is 0.393 e. The van der Waals surface area contributed by atoms with Crippen LogP contribution < -0.4 is 0 Å². The summed E-state index contributed by atoms with van der Waals surface area (Å²) in [5.74, 6) is 0. The molecule has 0 aromatic rings. The summed E-state index contributed by atoms with van der Waals surface area (Å²) >= 11 is 0. The molecule has 2 atom stereocenters. The molecule has 0 spiro atoms. The van der Waals surface area contributed by atoms with Gasteiger partial charge in [0, 0.05) is 25.7 Å². The van der Waals surface area contributed by atoms with E-state index in [2.05, 4.69) is 23.8 Å². The van der Waals surface area contributed by atoms with Gasteiger partial charge >= 0.3 is 0 Å². The van der Waals surface area contributed by atoms with E-state index in [1.165, 1.54) is 26.1 Å². The van der Waals surface area contributed by atoms with Crippen LogP contribution in [0.5, 0.6) is 0 Å². The minimum Gasteiger partial charge on any atom is -0.393 e. The first-order valence-corrected chi connectivity index (χ1v) is 6.78. The Kier molecular flexibility index (Phi) is 6.32. The van der Waals surface area contributed by atoms with Crippen LogP contribution in [-0.4, -0.2) is 60.3 Å².